The van der Waals surface area contributed by atoms with Crippen LogP contribution in [0, 0.1) is 6.92 Å². The van der Waals surface area contributed by atoms with Crippen molar-refractivity contribution in [2.24, 2.45) is 0 Å². The Hall–Kier alpha value is -2.08. The van der Waals surface area contributed by atoms with Crippen LogP contribution in [0.1, 0.15) is 15.9 Å². The van der Waals surface area contributed by atoms with Crippen LogP contribution in [0.5, 0.6) is 5.75 Å². The summed E-state index contributed by atoms with van der Waals surface area (Å²) in [5.41, 5.74) is 0.828. The van der Waals surface area contributed by atoms with E-state index in [0.717, 1.165) is 5.56 Å². The number of hydrogen-bond donors (Lipinski definition) is 3. The number of methoxy groups -OCH3 is 1. The van der Waals surface area contributed by atoms with Gasteiger partial charge in [-0.15, -0.1) is 0 Å². The molecule has 1 rings (SSSR count). The SMILES string of the molecule is COCC(NC(=O)c1cc(C)ccc1O)C(=O)O. The molecular formula is C12H15NO5. The molecule has 98 valence electrons. The van der Waals surface area contributed by atoms with Crippen molar-refractivity contribution in [2.75, 3.05) is 13.7 Å². The van der Waals surface area contributed by atoms with Gasteiger partial charge in [-0.2, -0.15) is 0 Å². The van der Waals surface area contributed by atoms with E-state index in [9.17, 15) is 14.7 Å². The molecule has 0 saturated carbocycles. The number of carbonyl (C=O) groups is 2. The largest absolute Gasteiger partial charge is 0.507 e. The number of aromatic hydroxyl groups is 1. The molecule has 0 aliphatic heterocycles. The molecule has 1 aromatic rings. The maximum absolute atomic E-state index is 11.8. The molecule has 0 fully saturated rings. The van der Waals surface area contributed by atoms with Gasteiger partial charge >= 0.3 is 5.97 Å². The second kappa shape index (κ2) is 6.02. The van der Waals surface area contributed by atoms with Crippen molar-refractivity contribution in [3.05, 3.63) is 29.3 Å². The minimum Gasteiger partial charge on any atom is -0.507 e. The first kappa shape index (κ1) is 14.0. The first-order valence-corrected chi connectivity index (χ1v) is 5.28. The van der Waals surface area contributed by atoms with Crippen LogP contribution < -0.4 is 5.32 Å². The van der Waals surface area contributed by atoms with Crippen LogP contribution in [0.15, 0.2) is 18.2 Å². The van der Waals surface area contributed by atoms with Crippen molar-refractivity contribution < 1.29 is 24.5 Å². The average Bonchev–Trinajstić information content (AvgIpc) is 2.31. The molecule has 0 spiro atoms. The highest BCUT2D eigenvalue weighted by atomic mass is 16.5. The molecule has 0 radical (unpaired) electrons. The van der Waals surface area contributed by atoms with Gasteiger partial charge in [0.1, 0.15) is 5.75 Å². The summed E-state index contributed by atoms with van der Waals surface area (Å²) in [5.74, 6) is -2.04. The minimum atomic E-state index is -1.20. The molecule has 6 heteroatoms. The van der Waals surface area contributed by atoms with E-state index < -0.39 is 17.9 Å². The van der Waals surface area contributed by atoms with E-state index >= 15 is 0 Å². The van der Waals surface area contributed by atoms with Gasteiger partial charge in [-0.05, 0) is 19.1 Å². The molecule has 3 N–H and O–H groups in total. The second-order valence-corrected chi connectivity index (χ2v) is 3.84. The fourth-order valence-electron chi connectivity index (χ4n) is 1.41. The Morgan fingerprint density at radius 1 is 1.44 bits per heavy atom. The van der Waals surface area contributed by atoms with E-state index in [2.05, 4.69) is 5.32 Å². The van der Waals surface area contributed by atoms with Gasteiger partial charge in [0, 0.05) is 7.11 Å². The van der Waals surface area contributed by atoms with Gasteiger partial charge in [0.15, 0.2) is 6.04 Å². The quantitative estimate of drug-likeness (QED) is 0.711. The summed E-state index contributed by atoms with van der Waals surface area (Å²) in [6.45, 7) is 1.62. The highest BCUT2D eigenvalue weighted by Crippen LogP contribution is 2.18. The van der Waals surface area contributed by atoms with E-state index in [0.29, 0.717) is 0 Å². The van der Waals surface area contributed by atoms with Crippen LogP contribution in [0.2, 0.25) is 0 Å². The van der Waals surface area contributed by atoms with Crippen LogP contribution in [0.25, 0.3) is 0 Å². The van der Waals surface area contributed by atoms with Crippen molar-refractivity contribution in [3.8, 4) is 5.75 Å². The second-order valence-electron chi connectivity index (χ2n) is 3.84. The summed E-state index contributed by atoms with van der Waals surface area (Å²) in [5, 5.41) is 20.7. The van der Waals surface area contributed by atoms with Gasteiger partial charge in [0.05, 0.1) is 12.2 Å². The van der Waals surface area contributed by atoms with Crippen LogP contribution >= 0.6 is 0 Å². The van der Waals surface area contributed by atoms with Crippen molar-refractivity contribution >= 4 is 11.9 Å². The van der Waals surface area contributed by atoms with Crippen molar-refractivity contribution in [1.29, 1.82) is 0 Å². The maximum atomic E-state index is 11.8. The number of amides is 1. The molecule has 0 aliphatic rings. The van der Waals surface area contributed by atoms with Crippen LogP contribution in [-0.2, 0) is 9.53 Å². The standard InChI is InChI=1S/C12H15NO5/c1-7-3-4-10(14)8(5-7)11(15)13-9(6-18-2)12(16)17/h3-5,9,14H,6H2,1-2H3,(H,13,15)(H,16,17). The normalized spacial score (nSPS) is 11.9. The molecule has 0 saturated heterocycles. The van der Waals surface area contributed by atoms with Crippen molar-refractivity contribution in [1.82, 2.24) is 5.32 Å². The van der Waals surface area contributed by atoms with Crippen LogP contribution in [0.4, 0.5) is 0 Å². The predicted octanol–water partition coefficient (Wildman–Crippen LogP) is 0.530. The zero-order valence-corrected chi connectivity index (χ0v) is 10.1. The molecular weight excluding hydrogens is 238 g/mol. The molecule has 1 unspecified atom stereocenters. The summed E-state index contributed by atoms with van der Waals surface area (Å²) >= 11 is 0. The maximum Gasteiger partial charge on any atom is 0.328 e. The number of carboxylic acids is 1. The van der Waals surface area contributed by atoms with Crippen LogP contribution in [-0.4, -0.2) is 41.8 Å². The molecule has 6 nitrogen and oxygen atoms in total. The van der Waals surface area contributed by atoms with Crippen LogP contribution in [0.3, 0.4) is 0 Å². The lowest BCUT2D eigenvalue weighted by molar-refractivity contribution is -0.140. The number of carbonyl (C=O) groups excluding carboxylic acids is 1. The van der Waals surface area contributed by atoms with E-state index in [1.165, 1.54) is 19.2 Å². The zero-order valence-electron chi connectivity index (χ0n) is 10.1. The first-order valence-electron chi connectivity index (χ1n) is 5.28. The Balaban J connectivity index is 2.86. The number of phenolic OH excluding ortho intramolecular Hbond substituents is 1. The van der Waals surface area contributed by atoms with Gasteiger partial charge in [-0.3, -0.25) is 4.79 Å². The highest BCUT2D eigenvalue weighted by molar-refractivity contribution is 5.99. The summed E-state index contributed by atoms with van der Waals surface area (Å²) in [4.78, 5) is 22.7. The van der Waals surface area contributed by atoms with E-state index in [4.69, 9.17) is 9.84 Å². The number of hydrogen-bond acceptors (Lipinski definition) is 4. The molecule has 1 amide bonds. The third-order valence-corrected chi connectivity index (χ3v) is 2.33. The van der Waals surface area contributed by atoms with Gasteiger partial charge in [0.2, 0.25) is 0 Å². The number of benzene rings is 1. The number of aliphatic carboxylic acids is 1. The number of nitrogens with one attached hydrogen (secondary N) is 1. The third-order valence-electron chi connectivity index (χ3n) is 2.33. The molecule has 0 aromatic heterocycles. The topological polar surface area (TPSA) is 95.9 Å². The average molecular weight is 253 g/mol. The molecule has 0 heterocycles. The summed E-state index contributed by atoms with van der Waals surface area (Å²) < 4.78 is 4.70. The lowest BCUT2D eigenvalue weighted by Gasteiger charge is -2.14. The number of carboxylic acid groups (broad SMARTS) is 1. The molecule has 1 atom stereocenters. The first-order chi connectivity index (χ1) is 8.45. The Labute approximate surface area is 104 Å². The van der Waals surface area contributed by atoms with E-state index in [1.807, 2.05) is 0 Å². The number of aryl methyl sites for hydroxylation is 1. The third kappa shape index (κ3) is 3.46. The Kier molecular flexibility index (Phi) is 4.67. The Morgan fingerprint density at radius 2 is 2.11 bits per heavy atom. The summed E-state index contributed by atoms with van der Waals surface area (Å²) in [6.07, 6.45) is 0. The number of phenols is 1. The lowest BCUT2D eigenvalue weighted by atomic mass is 10.1. The monoisotopic (exact) mass is 253 g/mol. The molecule has 18 heavy (non-hydrogen) atoms. The fraction of sp³-hybridized carbons (Fsp3) is 0.333. The predicted molar refractivity (Wildman–Crippen MR) is 63.6 cm³/mol. The lowest BCUT2D eigenvalue weighted by Crippen LogP contribution is -2.43. The van der Waals surface area contributed by atoms with Gasteiger partial charge in [0.25, 0.3) is 5.91 Å². The summed E-state index contributed by atoms with van der Waals surface area (Å²) in [6, 6.07) is 3.37. The summed E-state index contributed by atoms with van der Waals surface area (Å²) in [7, 11) is 1.34. The minimum absolute atomic E-state index is 0.0392. The number of rotatable bonds is 5. The van der Waals surface area contributed by atoms with Gasteiger partial charge in [-0.1, -0.05) is 11.6 Å². The Bertz CT molecular complexity index is 458. The fourth-order valence-corrected chi connectivity index (χ4v) is 1.41. The smallest absolute Gasteiger partial charge is 0.328 e. The molecule has 0 aliphatic carbocycles. The van der Waals surface area contributed by atoms with Gasteiger partial charge in [-0.25, -0.2) is 4.79 Å². The van der Waals surface area contributed by atoms with E-state index in [-0.39, 0.29) is 17.9 Å². The molecule has 1 aromatic carbocycles. The zero-order chi connectivity index (χ0) is 13.7. The molecule has 0 bridgehead atoms. The highest BCUT2D eigenvalue weighted by Gasteiger charge is 2.21. The van der Waals surface area contributed by atoms with Crippen molar-refractivity contribution in [3.63, 3.8) is 0 Å². The van der Waals surface area contributed by atoms with Crippen molar-refractivity contribution in [2.45, 2.75) is 13.0 Å². The number of ether oxygens (including phenoxy) is 1. The van der Waals surface area contributed by atoms with E-state index in [1.54, 1.807) is 13.0 Å². The Morgan fingerprint density at radius 3 is 2.67 bits per heavy atom. The van der Waals surface area contributed by atoms with Gasteiger partial charge < -0.3 is 20.3 Å².